The van der Waals surface area contributed by atoms with Crippen LogP contribution in [0.4, 0.5) is 24.8 Å². The Balaban J connectivity index is 1.27. The number of hydrazone groups is 1. The molecule has 2 atom stereocenters. The molecule has 0 aromatic carbocycles. The second-order valence-electron chi connectivity index (χ2n) is 13.7. The minimum Gasteiger partial charge on any atom is -0.477 e. The van der Waals surface area contributed by atoms with Gasteiger partial charge in [-0.2, -0.15) is 18.3 Å². The van der Waals surface area contributed by atoms with Crippen LogP contribution in [-0.2, 0) is 0 Å². The van der Waals surface area contributed by atoms with Crippen molar-refractivity contribution in [2.45, 2.75) is 69.6 Å². The van der Waals surface area contributed by atoms with E-state index in [2.05, 4.69) is 51.0 Å². The smallest absolute Gasteiger partial charge is 0.394 e. The van der Waals surface area contributed by atoms with Gasteiger partial charge in [0.2, 0.25) is 5.88 Å². The molecule has 6 N–H and O–H groups in total. The number of pyridine rings is 2. The summed E-state index contributed by atoms with van der Waals surface area (Å²) >= 11 is 1.10. The minimum absolute atomic E-state index is 0.0884. The van der Waals surface area contributed by atoms with E-state index in [4.69, 9.17) is 26.3 Å². The summed E-state index contributed by atoms with van der Waals surface area (Å²) in [6.45, 7) is 8.12. The third-order valence-corrected chi connectivity index (χ3v) is 10.6. The van der Waals surface area contributed by atoms with Crippen molar-refractivity contribution in [1.29, 1.82) is 0 Å². The van der Waals surface area contributed by atoms with Gasteiger partial charge >= 0.3 is 6.18 Å². The van der Waals surface area contributed by atoms with Gasteiger partial charge in [0.25, 0.3) is 5.91 Å². The fourth-order valence-corrected chi connectivity index (χ4v) is 7.26. The van der Waals surface area contributed by atoms with Crippen LogP contribution in [0.15, 0.2) is 52.7 Å². The number of carbonyl (C=O) groups excluding carboxylic acids is 1. The van der Waals surface area contributed by atoms with E-state index in [1.165, 1.54) is 4.68 Å². The first kappa shape index (κ1) is 34.6. The summed E-state index contributed by atoms with van der Waals surface area (Å²) < 4.78 is 50.1. The highest BCUT2D eigenvalue weighted by Crippen LogP contribution is 2.59. The quantitative estimate of drug-likeness (QED) is 0.0866. The van der Waals surface area contributed by atoms with Gasteiger partial charge in [-0.25, -0.2) is 26.0 Å². The summed E-state index contributed by atoms with van der Waals surface area (Å²) in [6.07, 6.45) is -0.697. The Hall–Kier alpha value is -4.25. The number of nitrogens with two attached hydrogens (primary N) is 2. The summed E-state index contributed by atoms with van der Waals surface area (Å²) in [5.74, 6) is 7.82. The number of halogens is 3. The number of fused-ring (bicyclic) bond motifs is 6. The number of nitrogens with one attached hydrogen (secondary N) is 2. The summed E-state index contributed by atoms with van der Waals surface area (Å²) in [7, 11) is 0. The normalized spacial score (nSPS) is 22.1. The van der Waals surface area contributed by atoms with Gasteiger partial charge in [-0.05, 0) is 82.1 Å². The molecule has 2 aliphatic heterocycles. The number of amidine groups is 1. The lowest BCUT2D eigenvalue weighted by Gasteiger charge is -2.34. The zero-order valence-corrected chi connectivity index (χ0v) is 28.5. The number of aromatic nitrogens is 4. The second kappa shape index (κ2) is 13.6. The molecule has 1 aliphatic carbocycles. The fraction of sp³-hybridized carbons (Fsp3) is 0.531. The van der Waals surface area contributed by atoms with Gasteiger partial charge < -0.3 is 20.3 Å². The molecule has 3 aliphatic rings. The van der Waals surface area contributed by atoms with E-state index in [1.54, 1.807) is 24.4 Å². The van der Waals surface area contributed by atoms with Crippen LogP contribution < -0.4 is 36.4 Å². The van der Waals surface area contributed by atoms with Crippen molar-refractivity contribution in [2.75, 3.05) is 36.0 Å². The number of anilines is 2. The first-order valence-electron chi connectivity index (χ1n) is 16.3. The number of alkyl halides is 3. The molecular formula is C32H42F3N11O2S. The molecule has 1 amide bonds. The van der Waals surface area contributed by atoms with Crippen LogP contribution in [0.25, 0.3) is 5.82 Å². The molecule has 13 nitrogen and oxygen atoms in total. The first-order chi connectivity index (χ1) is 23.3. The van der Waals surface area contributed by atoms with Crippen LogP contribution in [0.5, 0.6) is 5.88 Å². The lowest BCUT2D eigenvalue weighted by molar-refractivity contribution is -0.190. The molecule has 2 fully saturated rings. The van der Waals surface area contributed by atoms with Gasteiger partial charge in [0.05, 0.1) is 24.1 Å². The Bertz CT molecular complexity index is 1690. The van der Waals surface area contributed by atoms with E-state index in [-0.39, 0.29) is 43.2 Å². The third kappa shape index (κ3) is 7.51. The molecular weight excluding hydrogens is 659 g/mol. The standard InChI is InChI=1S/C32H42F3N11O2S/c1-20-9-14-44(19-23(36)40-43-37)24-5-4-6-27(38-24)49-42-29(47)22-7-8-25(39-28(22)45-18-21(20)17-30(45,2)3)46-15-10-26(41-46)48-16-13-31(11-12-31)32(33,34)35/h4-8,10,15,20-21,43H,9,11-14,16-19,37H2,1-3H3,(H2,36,40)(H,42,47). The summed E-state index contributed by atoms with van der Waals surface area (Å²) in [4.78, 5) is 27.8. The van der Waals surface area contributed by atoms with Crippen LogP contribution in [0, 0.1) is 17.3 Å². The van der Waals surface area contributed by atoms with Crippen molar-refractivity contribution < 1.29 is 22.7 Å². The Labute approximate surface area is 287 Å². The van der Waals surface area contributed by atoms with Crippen LogP contribution in [-0.4, -0.2) is 69.4 Å². The van der Waals surface area contributed by atoms with Gasteiger partial charge in [-0.3, -0.25) is 9.52 Å². The summed E-state index contributed by atoms with van der Waals surface area (Å²) in [6, 6.07) is 10.6. The van der Waals surface area contributed by atoms with Crippen LogP contribution in [0.2, 0.25) is 0 Å². The minimum atomic E-state index is -4.23. The van der Waals surface area contributed by atoms with Crippen LogP contribution in [0.3, 0.4) is 0 Å². The molecule has 49 heavy (non-hydrogen) atoms. The topological polar surface area (TPSA) is 165 Å². The first-order valence-corrected chi connectivity index (χ1v) is 17.1. The van der Waals surface area contributed by atoms with E-state index in [0.29, 0.717) is 65.3 Å². The predicted octanol–water partition coefficient (Wildman–Crippen LogP) is 4.40. The molecule has 17 heteroatoms. The van der Waals surface area contributed by atoms with E-state index >= 15 is 0 Å². The maximum atomic E-state index is 13.8. The zero-order valence-electron chi connectivity index (χ0n) is 27.7. The highest BCUT2D eigenvalue weighted by molar-refractivity contribution is 7.97. The Morgan fingerprint density at radius 2 is 1.98 bits per heavy atom. The molecule has 0 spiro atoms. The maximum Gasteiger partial charge on any atom is 0.394 e. The van der Waals surface area contributed by atoms with Crippen molar-refractivity contribution in [1.82, 2.24) is 30.0 Å². The van der Waals surface area contributed by atoms with Crippen molar-refractivity contribution in [3.63, 3.8) is 0 Å². The predicted molar refractivity (Wildman–Crippen MR) is 181 cm³/mol. The van der Waals surface area contributed by atoms with Crippen molar-refractivity contribution in [3.05, 3.63) is 48.2 Å². The van der Waals surface area contributed by atoms with E-state index in [0.717, 1.165) is 24.8 Å². The second-order valence-corrected chi connectivity index (χ2v) is 14.5. The van der Waals surface area contributed by atoms with E-state index < -0.39 is 11.6 Å². The molecule has 1 saturated carbocycles. The number of hydrogen-bond acceptors (Lipinski definition) is 11. The third-order valence-electron chi connectivity index (χ3n) is 9.86. The van der Waals surface area contributed by atoms with Gasteiger partial charge in [-0.15, -0.1) is 5.10 Å². The molecule has 5 heterocycles. The number of rotatable bonds is 8. The number of ether oxygens (including phenoxy) is 1. The average Bonchev–Trinajstić information content (AvgIpc) is 3.60. The molecule has 6 rings (SSSR count). The highest BCUT2D eigenvalue weighted by atomic mass is 32.2. The fourth-order valence-electron chi connectivity index (χ4n) is 6.66. The largest absolute Gasteiger partial charge is 0.477 e. The molecule has 4 bridgehead atoms. The lowest BCUT2D eigenvalue weighted by atomic mass is 9.86. The highest BCUT2D eigenvalue weighted by Gasteiger charge is 2.62. The van der Waals surface area contributed by atoms with Gasteiger partial charge in [-0.1, -0.05) is 13.0 Å². The molecule has 3 aromatic rings. The number of carbonyl (C=O) groups is 1. The van der Waals surface area contributed by atoms with Gasteiger partial charge in [0.1, 0.15) is 22.5 Å². The van der Waals surface area contributed by atoms with Gasteiger partial charge in [0, 0.05) is 42.8 Å². The molecule has 3 aromatic heterocycles. The van der Waals surface area contributed by atoms with Crippen molar-refractivity contribution in [2.24, 2.45) is 33.9 Å². The SMILES string of the molecule is CC1CCN(C/C(N)=N/NN)c2cccc(n2)SNC(=O)c2ccc(-n3ccc(OCCC4(C(F)(F)F)CC4)n3)nc2N2CC1CC2(C)C. The average molecular weight is 702 g/mol. The van der Waals surface area contributed by atoms with Gasteiger partial charge in [0.15, 0.2) is 5.82 Å². The number of amides is 1. The molecule has 264 valence electrons. The molecule has 2 unspecified atom stereocenters. The van der Waals surface area contributed by atoms with Crippen LogP contribution >= 0.6 is 11.9 Å². The summed E-state index contributed by atoms with van der Waals surface area (Å²) in [5.41, 5.74) is 6.80. The lowest BCUT2D eigenvalue weighted by Crippen LogP contribution is -2.40. The maximum absolute atomic E-state index is 13.8. The van der Waals surface area contributed by atoms with Crippen molar-refractivity contribution in [3.8, 4) is 11.7 Å². The Kier molecular flexibility index (Phi) is 9.59. The Morgan fingerprint density at radius 1 is 1.18 bits per heavy atom. The zero-order chi connectivity index (χ0) is 35.0. The number of hydrazine groups is 1. The monoisotopic (exact) mass is 701 g/mol. The van der Waals surface area contributed by atoms with Crippen LogP contribution in [0.1, 0.15) is 63.2 Å². The summed E-state index contributed by atoms with van der Waals surface area (Å²) in [5, 5.41) is 8.95. The Morgan fingerprint density at radius 3 is 2.71 bits per heavy atom. The molecule has 1 saturated heterocycles. The number of nitrogens with zero attached hydrogens (tertiary/aromatic N) is 7. The van der Waals surface area contributed by atoms with Crippen molar-refractivity contribution >= 4 is 35.3 Å². The van der Waals surface area contributed by atoms with E-state index in [9.17, 15) is 18.0 Å². The molecule has 0 radical (unpaired) electrons. The van der Waals surface area contributed by atoms with E-state index in [1.807, 2.05) is 18.2 Å². The number of hydrogen-bond donors (Lipinski definition) is 4.